The number of rotatable bonds is 6. The van der Waals surface area contributed by atoms with Crippen LogP contribution >= 0.6 is 11.8 Å². The van der Waals surface area contributed by atoms with Crippen molar-refractivity contribution >= 4 is 23.6 Å². The summed E-state index contributed by atoms with van der Waals surface area (Å²) in [4.78, 5) is 41.6. The molecule has 112 valence electrons. The summed E-state index contributed by atoms with van der Waals surface area (Å²) in [6.45, 7) is 1.75. The monoisotopic (exact) mass is 310 g/mol. The number of hydrogen-bond donors (Lipinski definition) is 2. The minimum absolute atomic E-state index is 0.00535. The quantitative estimate of drug-likeness (QED) is 0.569. The van der Waals surface area contributed by atoms with Crippen molar-refractivity contribution < 1.29 is 14.7 Å². The van der Waals surface area contributed by atoms with Crippen molar-refractivity contribution in [1.29, 1.82) is 5.26 Å². The third kappa shape index (κ3) is 4.61. The zero-order valence-corrected chi connectivity index (χ0v) is 12.4. The number of hydrogen-bond acceptors (Lipinski definition) is 6. The van der Waals surface area contributed by atoms with Crippen LogP contribution in [0.3, 0.4) is 0 Å². The lowest BCUT2D eigenvalue weighted by molar-refractivity contribution is -0.127. The predicted octanol–water partition coefficient (Wildman–Crippen LogP) is 0.241. The number of carbonyl (C=O) groups excluding carboxylic acids is 1. The molecule has 0 atom stereocenters. The molecule has 0 fully saturated rings. The molecule has 1 amide bonds. The van der Waals surface area contributed by atoms with Crippen molar-refractivity contribution in [2.75, 3.05) is 19.3 Å². The number of nitrogens with zero attached hydrogens (tertiary/aromatic N) is 3. The molecule has 1 aromatic heterocycles. The molecule has 0 saturated carbocycles. The maximum atomic E-state index is 11.8. The van der Waals surface area contributed by atoms with Gasteiger partial charge >= 0.3 is 11.7 Å². The molecule has 1 heterocycles. The molecule has 0 aromatic carbocycles. The minimum Gasteiger partial charge on any atom is -0.478 e. The van der Waals surface area contributed by atoms with Crippen molar-refractivity contribution in [3.63, 3.8) is 0 Å². The van der Waals surface area contributed by atoms with E-state index in [1.54, 1.807) is 7.05 Å². The van der Waals surface area contributed by atoms with E-state index in [4.69, 9.17) is 10.4 Å². The Morgan fingerprint density at radius 3 is 2.76 bits per heavy atom. The first-order valence-electron chi connectivity index (χ1n) is 5.94. The van der Waals surface area contributed by atoms with Gasteiger partial charge in [0.1, 0.15) is 10.6 Å². The maximum Gasteiger partial charge on any atom is 0.346 e. The van der Waals surface area contributed by atoms with Crippen LogP contribution in [0.15, 0.2) is 9.82 Å². The maximum absolute atomic E-state index is 11.8. The number of carboxylic acids is 1. The van der Waals surface area contributed by atoms with E-state index in [1.807, 2.05) is 6.07 Å². The summed E-state index contributed by atoms with van der Waals surface area (Å²) in [6.07, 6.45) is 0.218. The van der Waals surface area contributed by atoms with Gasteiger partial charge in [0.15, 0.2) is 0 Å². The number of aromatic carboxylic acids is 1. The molecule has 0 spiro atoms. The SMILES string of the molecule is Cc1[nH]c(=O)nc(SCC(=O)N(C)CCC#N)c1C(=O)O. The van der Waals surface area contributed by atoms with Gasteiger partial charge in [0.2, 0.25) is 5.91 Å². The largest absolute Gasteiger partial charge is 0.478 e. The van der Waals surface area contributed by atoms with Crippen LogP contribution in [-0.4, -0.2) is 51.2 Å². The van der Waals surface area contributed by atoms with Gasteiger partial charge in [-0.25, -0.2) is 9.59 Å². The van der Waals surface area contributed by atoms with Crippen LogP contribution in [0.25, 0.3) is 0 Å². The number of thioether (sulfide) groups is 1. The van der Waals surface area contributed by atoms with Gasteiger partial charge in [0.05, 0.1) is 18.2 Å². The highest BCUT2D eigenvalue weighted by atomic mass is 32.2. The highest BCUT2D eigenvalue weighted by Crippen LogP contribution is 2.21. The second-order valence-corrected chi connectivity index (χ2v) is 5.13. The van der Waals surface area contributed by atoms with Crippen LogP contribution < -0.4 is 5.69 Å². The van der Waals surface area contributed by atoms with Gasteiger partial charge in [-0.1, -0.05) is 11.8 Å². The first kappa shape index (κ1) is 16.7. The molecular weight excluding hydrogens is 296 g/mol. The van der Waals surface area contributed by atoms with Gasteiger partial charge in [0.25, 0.3) is 0 Å². The molecule has 1 aromatic rings. The Labute approximate surface area is 124 Å². The van der Waals surface area contributed by atoms with E-state index in [0.29, 0.717) is 6.54 Å². The Balaban J connectivity index is 2.85. The lowest BCUT2D eigenvalue weighted by Gasteiger charge is -2.15. The Morgan fingerprint density at radius 1 is 1.52 bits per heavy atom. The summed E-state index contributed by atoms with van der Waals surface area (Å²) in [5.41, 5.74) is -0.590. The Hall–Kier alpha value is -2.34. The highest BCUT2D eigenvalue weighted by Gasteiger charge is 2.18. The molecule has 0 radical (unpaired) electrons. The lowest BCUT2D eigenvalue weighted by Crippen LogP contribution is -2.29. The zero-order chi connectivity index (χ0) is 16.0. The molecular formula is C12H14N4O4S. The van der Waals surface area contributed by atoms with Crippen LogP contribution in [0.1, 0.15) is 22.5 Å². The number of carbonyl (C=O) groups is 2. The lowest BCUT2D eigenvalue weighted by atomic mass is 10.2. The Bertz CT molecular complexity index is 650. The predicted molar refractivity (Wildman–Crippen MR) is 75.1 cm³/mol. The molecule has 0 saturated heterocycles. The van der Waals surface area contributed by atoms with Gasteiger partial charge in [0, 0.05) is 19.3 Å². The molecule has 0 bridgehead atoms. The van der Waals surface area contributed by atoms with Crippen molar-refractivity contribution in [3.05, 3.63) is 21.7 Å². The third-order valence-electron chi connectivity index (χ3n) is 2.62. The first-order valence-corrected chi connectivity index (χ1v) is 6.93. The number of aryl methyl sites for hydroxylation is 1. The second kappa shape index (κ2) is 7.44. The third-order valence-corrected chi connectivity index (χ3v) is 3.58. The van der Waals surface area contributed by atoms with E-state index in [2.05, 4.69) is 9.97 Å². The van der Waals surface area contributed by atoms with E-state index >= 15 is 0 Å². The zero-order valence-electron chi connectivity index (χ0n) is 11.5. The first-order chi connectivity index (χ1) is 9.86. The number of aromatic amines is 1. The van der Waals surface area contributed by atoms with Crippen molar-refractivity contribution in [2.45, 2.75) is 18.4 Å². The van der Waals surface area contributed by atoms with Gasteiger partial charge in [-0.15, -0.1) is 0 Å². The molecule has 9 heteroatoms. The Kier molecular flexibility index (Phi) is 5.92. The number of nitrogens with one attached hydrogen (secondary N) is 1. The van der Waals surface area contributed by atoms with Crippen LogP contribution in [0, 0.1) is 18.3 Å². The van der Waals surface area contributed by atoms with Crippen molar-refractivity contribution in [2.24, 2.45) is 0 Å². The molecule has 0 unspecified atom stereocenters. The Morgan fingerprint density at radius 2 is 2.19 bits per heavy atom. The van der Waals surface area contributed by atoms with Gasteiger partial charge < -0.3 is 15.0 Å². The number of carboxylic acid groups (broad SMARTS) is 1. The molecule has 8 nitrogen and oxygen atoms in total. The number of aromatic nitrogens is 2. The molecule has 2 N–H and O–H groups in total. The molecule has 0 aliphatic carbocycles. The van der Waals surface area contributed by atoms with Crippen LogP contribution in [0.4, 0.5) is 0 Å². The van der Waals surface area contributed by atoms with E-state index < -0.39 is 11.7 Å². The summed E-state index contributed by atoms with van der Waals surface area (Å²) in [6, 6.07) is 1.93. The van der Waals surface area contributed by atoms with E-state index in [0.717, 1.165) is 11.8 Å². The standard InChI is InChI=1S/C12H14N4O4S/c1-7-9(11(18)19)10(15-12(20)14-7)21-6-8(17)16(2)5-3-4-13/h3,5-6H2,1-2H3,(H,18,19)(H,14,15,20). The van der Waals surface area contributed by atoms with Gasteiger partial charge in [-0.05, 0) is 6.92 Å². The summed E-state index contributed by atoms with van der Waals surface area (Å²) < 4.78 is 0. The topological polar surface area (TPSA) is 127 Å². The smallest absolute Gasteiger partial charge is 0.346 e. The van der Waals surface area contributed by atoms with E-state index in [9.17, 15) is 14.4 Å². The molecule has 0 aliphatic rings. The molecule has 21 heavy (non-hydrogen) atoms. The fraction of sp³-hybridized carbons (Fsp3) is 0.417. The van der Waals surface area contributed by atoms with E-state index in [1.165, 1.54) is 11.8 Å². The molecule has 1 rings (SSSR count). The second-order valence-electron chi connectivity index (χ2n) is 4.16. The average molecular weight is 310 g/mol. The van der Waals surface area contributed by atoms with Crippen LogP contribution in [0.2, 0.25) is 0 Å². The van der Waals surface area contributed by atoms with Gasteiger partial charge in [-0.2, -0.15) is 10.2 Å². The molecule has 0 aliphatic heterocycles. The fourth-order valence-corrected chi connectivity index (χ4v) is 2.51. The van der Waals surface area contributed by atoms with Crippen LogP contribution in [0.5, 0.6) is 0 Å². The summed E-state index contributed by atoms with van der Waals surface area (Å²) in [7, 11) is 1.55. The van der Waals surface area contributed by atoms with Gasteiger partial charge in [-0.3, -0.25) is 4.79 Å². The number of nitriles is 1. The van der Waals surface area contributed by atoms with Crippen molar-refractivity contribution in [1.82, 2.24) is 14.9 Å². The van der Waals surface area contributed by atoms with Crippen molar-refractivity contribution in [3.8, 4) is 6.07 Å². The number of H-pyrrole nitrogens is 1. The van der Waals surface area contributed by atoms with E-state index in [-0.39, 0.29) is 34.4 Å². The average Bonchev–Trinajstić information content (AvgIpc) is 2.40. The normalized spacial score (nSPS) is 9.95. The summed E-state index contributed by atoms with van der Waals surface area (Å²) >= 11 is 0.888. The number of amides is 1. The summed E-state index contributed by atoms with van der Waals surface area (Å²) in [5, 5.41) is 17.6. The highest BCUT2D eigenvalue weighted by molar-refractivity contribution is 8.00. The van der Waals surface area contributed by atoms with Crippen LogP contribution in [-0.2, 0) is 4.79 Å². The summed E-state index contributed by atoms with van der Waals surface area (Å²) in [5.74, 6) is -1.55. The minimum atomic E-state index is -1.22. The fourth-order valence-electron chi connectivity index (χ4n) is 1.50.